The van der Waals surface area contributed by atoms with E-state index in [9.17, 15) is 14.0 Å². The number of thiophene rings is 1. The number of aromatic nitrogens is 1. The molecule has 5 nitrogen and oxygen atoms in total. The van der Waals surface area contributed by atoms with E-state index in [1.165, 1.54) is 13.2 Å². The minimum Gasteiger partial charge on any atom is -0.453 e. The molecule has 3 aromatic rings. The van der Waals surface area contributed by atoms with Crippen LogP contribution in [0.2, 0.25) is 0 Å². The van der Waals surface area contributed by atoms with E-state index in [1.54, 1.807) is 12.1 Å². The summed E-state index contributed by atoms with van der Waals surface area (Å²) in [5, 5.41) is 0.366. The Bertz CT molecular complexity index is 1110. The van der Waals surface area contributed by atoms with Crippen LogP contribution in [0, 0.1) is 19.7 Å². The van der Waals surface area contributed by atoms with Gasteiger partial charge in [-0.25, -0.2) is 9.18 Å². The van der Waals surface area contributed by atoms with Crippen LogP contribution in [0.5, 0.6) is 0 Å². The molecule has 2 aromatic heterocycles. The van der Waals surface area contributed by atoms with Crippen LogP contribution in [0.15, 0.2) is 24.3 Å². The average molecular weight is 415 g/mol. The number of halogens is 1. The van der Waals surface area contributed by atoms with E-state index in [2.05, 4.69) is 4.57 Å². The molecule has 0 radical (unpaired) electrons. The fourth-order valence-electron chi connectivity index (χ4n) is 3.84. The third-order valence-electron chi connectivity index (χ3n) is 5.27. The number of fused-ring (bicyclic) bond motifs is 1. The van der Waals surface area contributed by atoms with Gasteiger partial charge in [-0.3, -0.25) is 4.79 Å². The number of Topliss-reactive ketones (excluding diaryl/α,β-unsaturated/α-hetero) is 1. The van der Waals surface area contributed by atoms with Gasteiger partial charge in [0.15, 0.2) is 6.61 Å². The zero-order valence-corrected chi connectivity index (χ0v) is 17.4. The number of ether oxygens (including phenoxy) is 2. The third kappa shape index (κ3) is 3.60. The maximum Gasteiger partial charge on any atom is 0.349 e. The Labute approximate surface area is 172 Å². The number of carbonyl (C=O) groups excluding carboxylic acids is 2. The van der Waals surface area contributed by atoms with Gasteiger partial charge < -0.3 is 14.0 Å². The highest BCUT2D eigenvalue weighted by Gasteiger charge is 2.29. The SMILES string of the molecule is COCc1c(C(=O)OCC(=O)c2cc(C)n(C3CC3)c2C)sc2cccc(F)c12. The lowest BCUT2D eigenvalue weighted by atomic mass is 10.1. The summed E-state index contributed by atoms with van der Waals surface area (Å²) >= 11 is 1.15. The first-order valence-corrected chi connectivity index (χ1v) is 10.3. The van der Waals surface area contributed by atoms with Crippen molar-refractivity contribution in [1.82, 2.24) is 4.57 Å². The Kier molecular flexibility index (Phi) is 5.27. The molecular formula is C22H22FNO4S. The molecule has 0 amide bonds. The van der Waals surface area contributed by atoms with Gasteiger partial charge in [-0.2, -0.15) is 0 Å². The molecule has 4 rings (SSSR count). The van der Waals surface area contributed by atoms with E-state index in [-0.39, 0.29) is 23.9 Å². The molecule has 1 aliphatic carbocycles. The second kappa shape index (κ2) is 7.72. The summed E-state index contributed by atoms with van der Waals surface area (Å²) in [5.41, 5.74) is 2.99. The monoisotopic (exact) mass is 415 g/mol. The number of ketones is 1. The largest absolute Gasteiger partial charge is 0.453 e. The molecule has 0 N–H and O–H groups in total. The molecule has 1 saturated carbocycles. The summed E-state index contributed by atoms with van der Waals surface area (Å²) in [6, 6.07) is 7.03. The number of aryl methyl sites for hydroxylation is 1. The second-order valence-corrected chi connectivity index (χ2v) is 8.39. The van der Waals surface area contributed by atoms with Crippen molar-refractivity contribution in [1.29, 1.82) is 0 Å². The first kappa shape index (κ1) is 19.8. The van der Waals surface area contributed by atoms with Gasteiger partial charge in [-0.1, -0.05) is 6.07 Å². The van der Waals surface area contributed by atoms with Crippen LogP contribution in [0.4, 0.5) is 4.39 Å². The molecule has 29 heavy (non-hydrogen) atoms. The number of carbonyl (C=O) groups is 2. The van der Waals surface area contributed by atoms with Gasteiger partial charge in [-0.05, 0) is 44.9 Å². The molecule has 0 bridgehead atoms. The fourth-order valence-corrected chi connectivity index (χ4v) is 4.96. The number of esters is 1. The molecule has 0 aliphatic heterocycles. The normalized spacial score (nSPS) is 13.8. The number of hydrogen-bond donors (Lipinski definition) is 0. The minimum atomic E-state index is -0.637. The molecule has 2 heterocycles. The van der Waals surface area contributed by atoms with Gasteiger partial charge in [0.05, 0.1) is 6.61 Å². The van der Waals surface area contributed by atoms with Crippen molar-refractivity contribution >= 4 is 33.2 Å². The molecule has 0 saturated heterocycles. The van der Waals surface area contributed by atoms with Crippen LogP contribution < -0.4 is 0 Å². The quantitative estimate of drug-likeness (QED) is 0.403. The van der Waals surface area contributed by atoms with E-state index in [4.69, 9.17) is 9.47 Å². The summed E-state index contributed by atoms with van der Waals surface area (Å²) in [6.45, 7) is 3.64. The van der Waals surface area contributed by atoms with Gasteiger partial charge in [0.25, 0.3) is 0 Å². The minimum absolute atomic E-state index is 0.0852. The molecule has 152 valence electrons. The van der Waals surface area contributed by atoms with Crippen molar-refractivity contribution in [2.75, 3.05) is 13.7 Å². The molecule has 7 heteroatoms. The van der Waals surface area contributed by atoms with Crippen molar-refractivity contribution in [3.8, 4) is 0 Å². The van der Waals surface area contributed by atoms with Crippen molar-refractivity contribution in [2.45, 2.75) is 39.3 Å². The number of benzene rings is 1. The molecule has 0 spiro atoms. The standard InChI is InChI=1S/C22H22FNO4S/c1-12-9-15(13(2)24(12)14-7-8-14)18(25)11-28-22(26)21-16(10-27-3)20-17(23)5-4-6-19(20)29-21/h4-6,9,14H,7-8,10-11H2,1-3H3. The molecule has 1 aromatic carbocycles. The molecule has 0 unspecified atom stereocenters. The number of nitrogens with zero attached hydrogens (tertiary/aromatic N) is 1. The van der Waals surface area contributed by atoms with Gasteiger partial charge in [0.1, 0.15) is 10.7 Å². The molecular weight excluding hydrogens is 393 g/mol. The Morgan fingerprint density at radius 1 is 1.28 bits per heavy atom. The van der Waals surface area contributed by atoms with Crippen LogP contribution in [-0.2, 0) is 16.1 Å². The Balaban J connectivity index is 1.54. The predicted octanol–water partition coefficient (Wildman–Crippen LogP) is 4.98. The summed E-state index contributed by atoms with van der Waals surface area (Å²) in [5.74, 6) is -1.28. The molecule has 1 fully saturated rings. The van der Waals surface area contributed by atoms with E-state index < -0.39 is 11.8 Å². The average Bonchev–Trinajstić information content (AvgIpc) is 3.38. The maximum absolute atomic E-state index is 14.3. The van der Waals surface area contributed by atoms with Crippen LogP contribution >= 0.6 is 11.3 Å². The third-order valence-corrected chi connectivity index (χ3v) is 6.45. The number of rotatable bonds is 7. The Hall–Kier alpha value is -2.51. The topological polar surface area (TPSA) is 57.5 Å². The lowest BCUT2D eigenvalue weighted by Crippen LogP contribution is -2.15. The Morgan fingerprint density at radius 3 is 2.72 bits per heavy atom. The summed E-state index contributed by atoms with van der Waals surface area (Å²) in [7, 11) is 1.48. The zero-order chi connectivity index (χ0) is 20.7. The highest BCUT2D eigenvalue weighted by molar-refractivity contribution is 7.21. The van der Waals surface area contributed by atoms with E-state index in [0.717, 1.165) is 35.6 Å². The van der Waals surface area contributed by atoms with Crippen LogP contribution in [0.3, 0.4) is 0 Å². The zero-order valence-electron chi connectivity index (χ0n) is 16.6. The van der Waals surface area contributed by atoms with E-state index in [0.29, 0.717) is 27.3 Å². The van der Waals surface area contributed by atoms with Crippen LogP contribution in [0.25, 0.3) is 10.1 Å². The number of hydrogen-bond acceptors (Lipinski definition) is 5. The summed E-state index contributed by atoms with van der Waals surface area (Å²) in [6.07, 6.45) is 2.26. The molecule has 1 aliphatic rings. The van der Waals surface area contributed by atoms with Crippen molar-refractivity contribution in [3.05, 3.63) is 57.5 Å². The fraction of sp³-hybridized carbons (Fsp3) is 0.364. The van der Waals surface area contributed by atoms with Gasteiger partial charge >= 0.3 is 5.97 Å². The van der Waals surface area contributed by atoms with Crippen molar-refractivity contribution in [2.24, 2.45) is 0 Å². The predicted molar refractivity (Wildman–Crippen MR) is 109 cm³/mol. The highest BCUT2D eigenvalue weighted by Crippen LogP contribution is 2.38. The highest BCUT2D eigenvalue weighted by atomic mass is 32.1. The first-order valence-electron chi connectivity index (χ1n) is 9.50. The van der Waals surface area contributed by atoms with Crippen molar-refractivity contribution < 1.29 is 23.5 Å². The summed E-state index contributed by atoms with van der Waals surface area (Å²) < 4.78 is 27.6. The smallest absolute Gasteiger partial charge is 0.349 e. The number of methoxy groups -OCH3 is 1. The van der Waals surface area contributed by atoms with E-state index in [1.807, 2.05) is 19.9 Å². The van der Waals surface area contributed by atoms with Crippen LogP contribution in [-0.4, -0.2) is 30.0 Å². The molecule has 0 atom stereocenters. The second-order valence-electron chi connectivity index (χ2n) is 7.34. The first-order chi connectivity index (χ1) is 13.9. The van der Waals surface area contributed by atoms with Gasteiger partial charge in [0, 0.05) is 45.8 Å². The summed E-state index contributed by atoms with van der Waals surface area (Å²) in [4.78, 5) is 25.6. The Morgan fingerprint density at radius 2 is 2.03 bits per heavy atom. The van der Waals surface area contributed by atoms with Gasteiger partial charge in [-0.15, -0.1) is 11.3 Å². The van der Waals surface area contributed by atoms with Crippen LogP contribution in [0.1, 0.15) is 55.9 Å². The maximum atomic E-state index is 14.3. The van der Waals surface area contributed by atoms with Crippen molar-refractivity contribution in [3.63, 3.8) is 0 Å². The lowest BCUT2D eigenvalue weighted by Gasteiger charge is -2.08. The lowest BCUT2D eigenvalue weighted by molar-refractivity contribution is 0.0476. The van der Waals surface area contributed by atoms with Gasteiger partial charge in [0.2, 0.25) is 5.78 Å². The van der Waals surface area contributed by atoms with E-state index >= 15 is 0 Å².